The zero-order chi connectivity index (χ0) is 11.0. The van der Waals surface area contributed by atoms with Crippen LogP contribution in [0.15, 0.2) is 24.3 Å². The van der Waals surface area contributed by atoms with Gasteiger partial charge < -0.3 is 15.3 Å². The highest BCUT2D eigenvalue weighted by molar-refractivity contribution is 5.56. The topological polar surface area (TPSA) is 35.5 Å². The Balaban J connectivity index is 1.92. The minimum atomic E-state index is -0.230. The Kier molecular flexibility index (Phi) is 2.58. The number of aliphatic hydroxyl groups excluding tert-OH is 1. The lowest BCUT2D eigenvalue weighted by molar-refractivity contribution is 0.174. The van der Waals surface area contributed by atoms with E-state index in [1.165, 1.54) is 24.1 Å². The molecule has 2 N–H and O–H groups in total. The average molecular weight is 218 g/mol. The van der Waals surface area contributed by atoms with Crippen molar-refractivity contribution in [2.24, 2.45) is 0 Å². The highest BCUT2D eigenvalue weighted by atomic mass is 16.3. The van der Waals surface area contributed by atoms with Gasteiger partial charge in [0.2, 0.25) is 0 Å². The number of aliphatic hydroxyl groups is 1. The van der Waals surface area contributed by atoms with Crippen LogP contribution in [-0.4, -0.2) is 36.9 Å². The Morgan fingerprint density at radius 2 is 2.12 bits per heavy atom. The van der Waals surface area contributed by atoms with Gasteiger partial charge in [-0.25, -0.2) is 0 Å². The molecule has 3 heteroatoms. The number of fused-ring (bicyclic) bond motifs is 1. The van der Waals surface area contributed by atoms with Gasteiger partial charge in [-0.2, -0.15) is 0 Å². The molecule has 1 fully saturated rings. The van der Waals surface area contributed by atoms with Crippen LogP contribution >= 0.6 is 0 Å². The third-order valence-electron chi connectivity index (χ3n) is 3.70. The smallest absolute Gasteiger partial charge is 0.0879 e. The summed E-state index contributed by atoms with van der Waals surface area (Å²) < 4.78 is 0. The van der Waals surface area contributed by atoms with Crippen LogP contribution in [0.4, 0.5) is 5.69 Å². The van der Waals surface area contributed by atoms with Crippen molar-refractivity contribution in [3.8, 4) is 0 Å². The molecule has 2 atom stereocenters. The molecule has 0 bridgehead atoms. The van der Waals surface area contributed by atoms with Gasteiger partial charge in [0.25, 0.3) is 0 Å². The number of nitrogens with zero attached hydrogens (tertiary/aromatic N) is 1. The summed E-state index contributed by atoms with van der Waals surface area (Å²) in [6, 6.07) is 8.83. The van der Waals surface area contributed by atoms with Crippen molar-refractivity contribution < 1.29 is 5.11 Å². The Morgan fingerprint density at radius 3 is 2.94 bits per heavy atom. The molecule has 0 spiro atoms. The molecule has 0 amide bonds. The second kappa shape index (κ2) is 4.07. The van der Waals surface area contributed by atoms with Crippen molar-refractivity contribution in [1.82, 2.24) is 5.32 Å². The molecule has 3 nitrogen and oxygen atoms in total. The second-order valence-electron chi connectivity index (χ2n) is 4.72. The summed E-state index contributed by atoms with van der Waals surface area (Å²) >= 11 is 0. The number of para-hydroxylation sites is 1. The fourth-order valence-electron chi connectivity index (χ4n) is 2.88. The molecule has 1 saturated heterocycles. The van der Waals surface area contributed by atoms with Crippen molar-refractivity contribution in [2.45, 2.75) is 25.0 Å². The van der Waals surface area contributed by atoms with Gasteiger partial charge in [-0.05, 0) is 24.5 Å². The largest absolute Gasteiger partial charge is 0.390 e. The van der Waals surface area contributed by atoms with Gasteiger partial charge in [0, 0.05) is 25.3 Å². The highest BCUT2D eigenvalue weighted by Gasteiger charge is 2.32. The molecule has 0 aliphatic carbocycles. The van der Waals surface area contributed by atoms with E-state index in [1.807, 2.05) is 0 Å². The third-order valence-corrected chi connectivity index (χ3v) is 3.70. The van der Waals surface area contributed by atoms with E-state index in [2.05, 4.69) is 34.5 Å². The van der Waals surface area contributed by atoms with Crippen LogP contribution in [-0.2, 0) is 6.42 Å². The number of rotatable bonds is 1. The van der Waals surface area contributed by atoms with Crippen molar-refractivity contribution in [2.75, 3.05) is 24.5 Å². The molecule has 3 rings (SSSR count). The van der Waals surface area contributed by atoms with E-state index in [4.69, 9.17) is 0 Å². The lowest BCUT2D eigenvalue weighted by Crippen LogP contribution is -2.45. The van der Waals surface area contributed by atoms with E-state index in [0.717, 1.165) is 19.6 Å². The van der Waals surface area contributed by atoms with Gasteiger partial charge in [-0.15, -0.1) is 0 Å². The maximum absolute atomic E-state index is 9.96. The molecular formula is C13H18N2O. The molecule has 1 aromatic rings. The van der Waals surface area contributed by atoms with Gasteiger partial charge in [0.1, 0.15) is 0 Å². The van der Waals surface area contributed by atoms with Crippen molar-refractivity contribution in [1.29, 1.82) is 0 Å². The van der Waals surface area contributed by atoms with E-state index in [1.54, 1.807) is 0 Å². The first-order valence-corrected chi connectivity index (χ1v) is 6.09. The maximum Gasteiger partial charge on any atom is 0.0879 e. The fourth-order valence-corrected chi connectivity index (χ4v) is 2.88. The zero-order valence-electron chi connectivity index (χ0n) is 9.39. The van der Waals surface area contributed by atoms with Crippen LogP contribution in [0.1, 0.15) is 12.0 Å². The Labute approximate surface area is 96.1 Å². The molecule has 16 heavy (non-hydrogen) atoms. The van der Waals surface area contributed by atoms with Crippen LogP contribution in [0.25, 0.3) is 0 Å². The molecule has 86 valence electrons. The van der Waals surface area contributed by atoms with Crippen LogP contribution in [0.2, 0.25) is 0 Å². The summed E-state index contributed by atoms with van der Waals surface area (Å²) in [6.45, 7) is 2.69. The Hall–Kier alpha value is -1.06. The fraction of sp³-hybridized carbons (Fsp3) is 0.538. The summed E-state index contributed by atoms with van der Waals surface area (Å²) in [5, 5.41) is 13.2. The van der Waals surface area contributed by atoms with Gasteiger partial charge in [0.15, 0.2) is 0 Å². The van der Waals surface area contributed by atoms with Gasteiger partial charge in [0.05, 0.1) is 12.1 Å². The Morgan fingerprint density at radius 1 is 1.25 bits per heavy atom. The highest BCUT2D eigenvalue weighted by Crippen LogP contribution is 2.29. The zero-order valence-corrected chi connectivity index (χ0v) is 9.39. The second-order valence-corrected chi connectivity index (χ2v) is 4.72. The number of anilines is 1. The standard InChI is InChI=1S/C13H18N2O/c16-13-9-14-8-12(13)15-7-3-5-10-4-1-2-6-11(10)15/h1-2,4,6,12-14,16H,3,5,7-9H2/t12-,13-/m0/s1. The molecule has 1 aromatic carbocycles. The normalized spacial score (nSPS) is 29.2. The summed E-state index contributed by atoms with van der Waals surface area (Å²) in [5.74, 6) is 0. The van der Waals surface area contributed by atoms with Crippen LogP contribution in [0, 0.1) is 0 Å². The lowest BCUT2D eigenvalue weighted by atomic mass is 9.99. The average Bonchev–Trinajstić information content (AvgIpc) is 2.75. The number of hydrogen-bond acceptors (Lipinski definition) is 3. The quantitative estimate of drug-likeness (QED) is 0.731. The van der Waals surface area contributed by atoms with Gasteiger partial charge in [-0.3, -0.25) is 0 Å². The van der Waals surface area contributed by atoms with E-state index in [9.17, 15) is 5.11 Å². The number of hydrogen-bond donors (Lipinski definition) is 2. The Bertz CT molecular complexity index is 380. The summed E-state index contributed by atoms with van der Waals surface area (Å²) in [4.78, 5) is 2.38. The third kappa shape index (κ3) is 1.60. The van der Waals surface area contributed by atoms with Crippen molar-refractivity contribution in [3.63, 3.8) is 0 Å². The molecular weight excluding hydrogens is 200 g/mol. The van der Waals surface area contributed by atoms with Crippen LogP contribution < -0.4 is 10.2 Å². The summed E-state index contributed by atoms with van der Waals surface area (Å²) in [5.41, 5.74) is 2.74. The number of β-amino-alcohol motifs (C(OH)–C–C–N with tert-alkyl or cyclic N) is 1. The predicted molar refractivity (Wildman–Crippen MR) is 64.8 cm³/mol. The minimum absolute atomic E-state index is 0.230. The van der Waals surface area contributed by atoms with E-state index in [0.29, 0.717) is 0 Å². The molecule has 0 saturated carbocycles. The summed E-state index contributed by atoms with van der Waals surface area (Å²) in [7, 11) is 0. The molecule has 2 aliphatic rings. The van der Waals surface area contributed by atoms with Gasteiger partial charge >= 0.3 is 0 Å². The van der Waals surface area contributed by atoms with E-state index >= 15 is 0 Å². The summed E-state index contributed by atoms with van der Waals surface area (Å²) in [6.07, 6.45) is 2.13. The van der Waals surface area contributed by atoms with Crippen molar-refractivity contribution in [3.05, 3.63) is 29.8 Å². The van der Waals surface area contributed by atoms with Crippen LogP contribution in [0.5, 0.6) is 0 Å². The van der Waals surface area contributed by atoms with Crippen LogP contribution in [0.3, 0.4) is 0 Å². The van der Waals surface area contributed by atoms with E-state index < -0.39 is 0 Å². The molecule has 2 heterocycles. The first-order valence-electron chi connectivity index (χ1n) is 6.09. The van der Waals surface area contributed by atoms with Crippen molar-refractivity contribution >= 4 is 5.69 Å². The molecule has 0 radical (unpaired) electrons. The monoisotopic (exact) mass is 218 g/mol. The molecule has 0 aromatic heterocycles. The minimum Gasteiger partial charge on any atom is -0.390 e. The number of benzene rings is 1. The first kappa shape index (κ1) is 10.1. The lowest BCUT2D eigenvalue weighted by Gasteiger charge is -2.37. The number of aryl methyl sites for hydroxylation is 1. The SMILES string of the molecule is O[C@H]1CNC[C@@H]1N1CCCc2ccccc21. The van der Waals surface area contributed by atoms with Gasteiger partial charge in [-0.1, -0.05) is 18.2 Å². The molecule has 2 aliphatic heterocycles. The first-order chi connectivity index (χ1) is 7.86. The maximum atomic E-state index is 9.96. The predicted octanol–water partition coefficient (Wildman–Crippen LogP) is 0.772. The number of nitrogens with one attached hydrogen (secondary N) is 1. The van der Waals surface area contributed by atoms with E-state index in [-0.39, 0.29) is 12.1 Å². The molecule has 0 unspecified atom stereocenters.